The zero-order valence-electron chi connectivity index (χ0n) is 16.6. The van der Waals surface area contributed by atoms with E-state index in [1.54, 1.807) is 4.90 Å². The minimum absolute atomic E-state index is 0.0466. The molecule has 29 heavy (non-hydrogen) atoms. The molecule has 3 fully saturated rings. The second kappa shape index (κ2) is 7.28. The molecule has 2 saturated heterocycles. The van der Waals surface area contributed by atoms with Gasteiger partial charge in [0.15, 0.2) is 0 Å². The first kappa shape index (κ1) is 18.9. The largest absolute Gasteiger partial charge is 0.350 e. The Morgan fingerprint density at radius 3 is 2.90 bits per heavy atom. The van der Waals surface area contributed by atoms with Crippen molar-refractivity contribution in [2.24, 2.45) is 13.0 Å². The van der Waals surface area contributed by atoms with Gasteiger partial charge in [0.25, 0.3) is 5.92 Å². The number of hydrogen-bond acceptors (Lipinski definition) is 6. The lowest BCUT2D eigenvalue weighted by Gasteiger charge is -2.34. The number of aromatic nitrogens is 4. The van der Waals surface area contributed by atoms with Crippen molar-refractivity contribution in [3.8, 4) is 0 Å². The number of alkyl halides is 2. The second-order valence-corrected chi connectivity index (χ2v) is 8.68. The average molecular weight is 403 g/mol. The number of rotatable bonds is 3. The lowest BCUT2D eigenvalue weighted by atomic mass is 9.73. The van der Waals surface area contributed by atoms with Crippen molar-refractivity contribution >= 4 is 5.82 Å². The molecule has 9 heteroatoms. The molecular formula is C20H27F2N7. The van der Waals surface area contributed by atoms with Crippen molar-refractivity contribution in [1.82, 2.24) is 30.6 Å². The summed E-state index contributed by atoms with van der Waals surface area (Å²) in [5.74, 6) is -1.18. The third kappa shape index (κ3) is 3.73. The predicted octanol–water partition coefficient (Wildman–Crippen LogP) is 2.55. The number of aryl methyl sites for hydroxylation is 1. The molecule has 0 aromatic carbocycles. The van der Waals surface area contributed by atoms with Gasteiger partial charge in [0.2, 0.25) is 0 Å². The highest BCUT2D eigenvalue weighted by atomic mass is 19.3. The van der Waals surface area contributed by atoms with Gasteiger partial charge in [0.05, 0.1) is 24.5 Å². The van der Waals surface area contributed by atoms with Crippen molar-refractivity contribution in [1.29, 1.82) is 0 Å². The molecule has 4 unspecified atom stereocenters. The zero-order valence-corrected chi connectivity index (χ0v) is 16.6. The van der Waals surface area contributed by atoms with E-state index in [4.69, 9.17) is 0 Å². The van der Waals surface area contributed by atoms with Crippen molar-refractivity contribution < 1.29 is 8.78 Å². The van der Waals surface area contributed by atoms with E-state index in [1.807, 2.05) is 24.0 Å². The highest BCUT2D eigenvalue weighted by molar-refractivity contribution is 5.41. The summed E-state index contributed by atoms with van der Waals surface area (Å²) in [4.78, 5) is 10.5. The third-order valence-corrected chi connectivity index (χ3v) is 6.66. The van der Waals surface area contributed by atoms with Gasteiger partial charge in [0, 0.05) is 38.3 Å². The first-order valence-corrected chi connectivity index (χ1v) is 10.4. The van der Waals surface area contributed by atoms with Gasteiger partial charge in [-0.2, -0.15) is 5.10 Å². The topological polar surface area (TPSA) is 70.9 Å². The van der Waals surface area contributed by atoms with Crippen molar-refractivity contribution in [3.63, 3.8) is 0 Å². The third-order valence-electron chi connectivity index (χ3n) is 6.66. The van der Waals surface area contributed by atoms with E-state index in [-0.39, 0.29) is 19.0 Å². The standard InChI is InChI=1S/C20H27F2N7/c1-28-10-14(9-25-28)13-3-4-16-15(7-13)19(27-26-16)17-8-18(24-12-23-17)29-6-2-5-20(21,22)11-29/h8-10,12-13,15-16,19,26-27H,2-7,11H2,1H3. The fourth-order valence-electron chi connectivity index (χ4n) is 5.17. The van der Waals surface area contributed by atoms with Crippen LogP contribution in [0.4, 0.5) is 14.6 Å². The Labute approximate surface area is 168 Å². The second-order valence-electron chi connectivity index (χ2n) is 8.68. The van der Waals surface area contributed by atoms with Crippen LogP contribution in [0.3, 0.4) is 0 Å². The molecule has 2 aliphatic heterocycles. The number of hydrogen-bond donors (Lipinski definition) is 2. The summed E-state index contributed by atoms with van der Waals surface area (Å²) in [6, 6.07) is 2.33. The fourth-order valence-corrected chi connectivity index (χ4v) is 5.17. The van der Waals surface area contributed by atoms with Crippen LogP contribution < -0.4 is 15.8 Å². The Balaban J connectivity index is 1.35. The van der Waals surface area contributed by atoms with Crippen LogP contribution in [-0.2, 0) is 7.05 Å². The summed E-state index contributed by atoms with van der Waals surface area (Å²) in [6.07, 6.45) is 9.28. The van der Waals surface area contributed by atoms with E-state index in [1.165, 1.54) is 11.9 Å². The van der Waals surface area contributed by atoms with Gasteiger partial charge < -0.3 is 4.90 Å². The van der Waals surface area contributed by atoms with Gasteiger partial charge in [0.1, 0.15) is 12.1 Å². The van der Waals surface area contributed by atoms with Gasteiger partial charge in [-0.05, 0) is 43.1 Å². The average Bonchev–Trinajstić information content (AvgIpc) is 3.33. The molecule has 0 radical (unpaired) electrons. The molecule has 1 saturated carbocycles. The minimum atomic E-state index is -2.65. The molecule has 1 aliphatic carbocycles. The van der Waals surface area contributed by atoms with Crippen LogP contribution >= 0.6 is 0 Å². The molecule has 4 heterocycles. The molecule has 0 spiro atoms. The summed E-state index contributed by atoms with van der Waals surface area (Å²) in [5.41, 5.74) is 9.00. The van der Waals surface area contributed by atoms with E-state index in [0.29, 0.717) is 36.7 Å². The maximum atomic E-state index is 13.9. The normalized spacial score (nSPS) is 31.6. The molecule has 156 valence electrons. The van der Waals surface area contributed by atoms with Gasteiger partial charge in [-0.1, -0.05) is 0 Å². The van der Waals surface area contributed by atoms with Crippen LogP contribution in [0.25, 0.3) is 0 Å². The number of piperidine rings is 1. The molecule has 0 bridgehead atoms. The van der Waals surface area contributed by atoms with Crippen molar-refractivity contribution in [3.05, 3.63) is 36.0 Å². The highest BCUT2D eigenvalue weighted by Gasteiger charge is 2.42. The number of nitrogens with one attached hydrogen (secondary N) is 2. The summed E-state index contributed by atoms with van der Waals surface area (Å²) >= 11 is 0. The van der Waals surface area contributed by atoms with Crippen molar-refractivity contribution in [2.75, 3.05) is 18.0 Å². The van der Waals surface area contributed by atoms with E-state index < -0.39 is 5.92 Å². The first-order chi connectivity index (χ1) is 14.0. The molecule has 2 aromatic heterocycles. The molecule has 2 N–H and O–H groups in total. The summed E-state index contributed by atoms with van der Waals surface area (Å²) in [7, 11) is 1.95. The van der Waals surface area contributed by atoms with E-state index in [0.717, 1.165) is 25.0 Å². The van der Waals surface area contributed by atoms with Crippen LogP contribution in [-0.4, -0.2) is 44.8 Å². The fraction of sp³-hybridized carbons (Fsp3) is 0.650. The summed E-state index contributed by atoms with van der Waals surface area (Å²) < 4.78 is 29.6. The lowest BCUT2D eigenvalue weighted by molar-refractivity contribution is -0.0118. The number of halogens is 2. The predicted molar refractivity (Wildman–Crippen MR) is 105 cm³/mol. The first-order valence-electron chi connectivity index (χ1n) is 10.4. The molecule has 2 aromatic rings. The number of hydrazine groups is 1. The van der Waals surface area contributed by atoms with Crippen molar-refractivity contribution in [2.45, 2.75) is 56.0 Å². The Bertz CT molecular complexity index is 870. The minimum Gasteiger partial charge on any atom is -0.350 e. The van der Waals surface area contributed by atoms with Gasteiger partial charge in [-0.15, -0.1) is 0 Å². The molecule has 4 atom stereocenters. The molecule has 0 amide bonds. The zero-order chi connectivity index (χ0) is 20.0. The number of fused-ring (bicyclic) bond motifs is 1. The Morgan fingerprint density at radius 2 is 2.10 bits per heavy atom. The van der Waals surface area contributed by atoms with Gasteiger partial charge >= 0.3 is 0 Å². The van der Waals surface area contributed by atoms with Crippen LogP contribution in [0.5, 0.6) is 0 Å². The Kier molecular flexibility index (Phi) is 4.74. The smallest absolute Gasteiger partial charge is 0.265 e. The maximum absolute atomic E-state index is 13.9. The quantitative estimate of drug-likeness (QED) is 0.821. The van der Waals surface area contributed by atoms with E-state index >= 15 is 0 Å². The highest BCUT2D eigenvalue weighted by Crippen LogP contribution is 2.44. The molecule has 5 rings (SSSR count). The Morgan fingerprint density at radius 1 is 1.21 bits per heavy atom. The summed E-state index contributed by atoms with van der Waals surface area (Å²) in [5, 5.41) is 4.33. The van der Waals surface area contributed by atoms with Gasteiger partial charge in [-0.3, -0.25) is 10.1 Å². The van der Waals surface area contributed by atoms with Gasteiger partial charge in [-0.25, -0.2) is 24.2 Å². The van der Waals surface area contributed by atoms with E-state index in [9.17, 15) is 8.78 Å². The monoisotopic (exact) mass is 403 g/mol. The lowest BCUT2D eigenvalue weighted by Crippen LogP contribution is -2.43. The molecule has 3 aliphatic rings. The molecule has 7 nitrogen and oxygen atoms in total. The number of nitrogens with zero attached hydrogens (tertiary/aromatic N) is 5. The van der Waals surface area contributed by atoms with Crippen LogP contribution in [0, 0.1) is 5.92 Å². The van der Waals surface area contributed by atoms with Crippen LogP contribution in [0.15, 0.2) is 24.8 Å². The Hall–Kier alpha value is -2.13. The van der Waals surface area contributed by atoms with E-state index in [2.05, 4.69) is 32.1 Å². The van der Waals surface area contributed by atoms with Crippen LogP contribution in [0.1, 0.15) is 55.3 Å². The molecular weight excluding hydrogens is 376 g/mol. The maximum Gasteiger partial charge on any atom is 0.265 e. The summed E-state index contributed by atoms with van der Waals surface area (Å²) in [6.45, 7) is 0.340. The van der Waals surface area contributed by atoms with Crippen LogP contribution in [0.2, 0.25) is 0 Å². The SMILES string of the molecule is Cn1cc(C2CCC3NNC(c4cc(N5CCCC(F)(F)C5)ncn4)C3C2)cn1. The number of anilines is 1.